The summed E-state index contributed by atoms with van der Waals surface area (Å²) in [7, 11) is 0. The van der Waals surface area contributed by atoms with Crippen LogP contribution in [0.4, 0.5) is 13.2 Å². The van der Waals surface area contributed by atoms with Crippen LogP contribution < -0.4 is 11.0 Å². The lowest BCUT2D eigenvalue weighted by atomic mass is 9.98. The van der Waals surface area contributed by atoms with Crippen LogP contribution in [0.25, 0.3) is 27.8 Å². The largest absolute Gasteiger partial charge is 0.416 e. The van der Waals surface area contributed by atoms with Crippen molar-refractivity contribution >= 4 is 22.6 Å². The molecule has 0 radical (unpaired) electrons. The van der Waals surface area contributed by atoms with E-state index in [1.165, 1.54) is 28.7 Å². The van der Waals surface area contributed by atoms with Gasteiger partial charge in [0.15, 0.2) is 5.49 Å². The van der Waals surface area contributed by atoms with Crippen molar-refractivity contribution in [3.63, 3.8) is 0 Å². The van der Waals surface area contributed by atoms with E-state index < -0.39 is 17.6 Å². The first kappa shape index (κ1) is 27.4. The lowest BCUT2D eigenvalue weighted by Crippen LogP contribution is -2.30. The van der Waals surface area contributed by atoms with Crippen LogP contribution in [-0.2, 0) is 12.7 Å². The Morgan fingerprint density at radius 2 is 1.60 bits per heavy atom. The first-order chi connectivity index (χ1) is 20.7. The molecule has 0 aliphatic rings. The van der Waals surface area contributed by atoms with Gasteiger partial charge in [0, 0.05) is 11.8 Å². The highest BCUT2D eigenvalue weighted by Gasteiger charge is 2.30. The predicted octanol–water partition coefficient (Wildman–Crippen LogP) is 6.00. The van der Waals surface area contributed by atoms with Gasteiger partial charge in [-0.2, -0.15) is 23.4 Å². The van der Waals surface area contributed by atoms with Gasteiger partial charge < -0.3 is 4.57 Å². The minimum absolute atomic E-state index is 0.00161. The molecule has 3 heterocycles. The molecule has 6 rings (SSSR count). The van der Waals surface area contributed by atoms with Crippen LogP contribution in [0, 0.1) is 11.3 Å². The van der Waals surface area contributed by atoms with Gasteiger partial charge in [0.1, 0.15) is 17.4 Å². The van der Waals surface area contributed by atoms with Crippen molar-refractivity contribution in [2.45, 2.75) is 12.7 Å². The predicted molar refractivity (Wildman–Crippen MR) is 154 cm³/mol. The van der Waals surface area contributed by atoms with Crippen LogP contribution in [0.15, 0.2) is 119 Å². The van der Waals surface area contributed by atoms with Crippen LogP contribution in [0.1, 0.15) is 27.0 Å². The number of alkyl halides is 3. The molecular weight excluding hydrogens is 555 g/mol. The Labute approximate surface area is 242 Å². The van der Waals surface area contributed by atoms with Crippen LogP contribution in [0.3, 0.4) is 0 Å². The second-order valence-electron chi connectivity index (χ2n) is 9.69. The second kappa shape index (κ2) is 10.9. The number of nitriles is 1. The summed E-state index contributed by atoms with van der Waals surface area (Å²) in [5.74, 6) is -0.717. The number of fused-ring (bicyclic) bond motifs is 2. The zero-order valence-electron chi connectivity index (χ0n) is 22.3. The average Bonchev–Trinajstić information content (AvgIpc) is 3.02. The Morgan fingerprint density at radius 3 is 2.33 bits per heavy atom. The molecule has 1 amide bonds. The van der Waals surface area contributed by atoms with Gasteiger partial charge >= 0.3 is 6.18 Å². The quantitative estimate of drug-likeness (QED) is 0.241. The van der Waals surface area contributed by atoms with Crippen molar-refractivity contribution in [1.82, 2.24) is 14.0 Å². The van der Waals surface area contributed by atoms with Gasteiger partial charge in [0.25, 0.3) is 11.5 Å². The summed E-state index contributed by atoms with van der Waals surface area (Å²) in [4.78, 5) is 36.3. The maximum Gasteiger partial charge on any atom is 0.416 e. The number of halogens is 3. The third-order valence-corrected chi connectivity index (χ3v) is 6.98. The number of rotatable bonds is 4. The third-order valence-electron chi connectivity index (χ3n) is 6.98. The van der Waals surface area contributed by atoms with Gasteiger partial charge in [-0.05, 0) is 53.1 Å². The van der Waals surface area contributed by atoms with Crippen molar-refractivity contribution in [3.8, 4) is 17.2 Å². The standard InChI is InChI=1S/C33H20F3N5O2/c34-33(35,36)24-15-13-22(14-16-24)25-10-4-5-11-26(25)31(42)39-29-23(19-37)18-27-30(41(29)20-21-8-2-1-3-9-21)38-28-12-6-7-17-40(28)32(27)43/h1-18H,20H2. The van der Waals surface area contributed by atoms with E-state index in [0.29, 0.717) is 16.8 Å². The van der Waals surface area contributed by atoms with Crippen molar-refractivity contribution in [2.75, 3.05) is 0 Å². The summed E-state index contributed by atoms with van der Waals surface area (Å²) in [5.41, 5.74) is 1.11. The zero-order chi connectivity index (χ0) is 30.1. The number of nitrogens with zero attached hydrogens (tertiary/aromatic N) is 5. The molecule has 210 valence electrons. The number of hydrogen-bond acceptors (Lipinski definition) is 4. The van der Waals surface area contributed by atoms with Gasteiger partial charge in [-0.15, -0.1) is 0 Å². The van der Waals surface area contributed by atoms with Gasteiger partial charge in [-0.1, -0.05) is 66.7 Å². The normalized spacial score (nSPS) is 12.0. The number of carbonyl (C=O) groups is 1. The number of aromatic nitrogens is 3. The number of pyridine rings is 2. The summed E-state index contributed by atoms with van der Waals surface area (Å²) in [5, 5.41) is 10.3. The molecule has 0 saturated heterocycles. The van der Waals surface area contributed by atoms with E-state index in [2.05, 4.69) is 11.1 Å². The summed E-state index contributed by atoms with van der Waals surface area (Å²) >= 11 is 0. The molecule has 3 aromatic heterocycles. The van der Waals surface area contributed by atoms with Crippen molar-refractivity contribution < 1.29 is 18.0 Å². The molecule has 10 heteroatoms. The molecule has 6 aromatic rings. The second-order valence-corrected chi connectivity index (χ2v) is 9.69. The van der Waals surface area contributed by atoms with Gasteiger partial charge in [-0.3, -0.25) is 14.0 Å². The Hall–Kier alpha value is -5.82. The van der Waals surface area contributed by atoms with Crippen molar-refractivity contribution in [2.24, 2.45) is 4.99 Å². The zero-order valence-corrected chi connectivity index (χ0v) is 22.3. The molecule has 0 aliphatic heterocycles. The van der Waals surface area contributed by atoms with E-state index in [1.54, 1.807) is 47.2 Å². The molecule has 0 spiro atoms. The van der Waals surface area contributed by atoms with E-state index in [0.717, 1.165) is 17.7 Å². The van der Waals surface area contributed by atoms with E-state index >= 15 is 0 Å². The summed E-state index contributed by atoms with van der Waals surface area (Å²) in [6.45, 7) is 0.148. The van der Waals surface area contributed by atoms with E-state index in [-0.39, 0.29) is 39.8 Å². The Kier molecular flexibility index (Phi) is 6.92. The molecule has 0 aliphatic carbocycles. The number of amides is 1. The monoisotopic (exact) mass is 575 g/mol. The molecule has 0 bridgehead atoms. The van der Waals surface area contributed by atoms with Crippen molar-refractivity contribution in [3.05, 3.63) is 147 Å². The first-order valence-corrected chi connectivity index (χ1v) is 13.1. The molecule has 3 aromatic carbocycles. The third kappa shape index (κ3) is 5.20. The smallest absolute Gasteiger partial charge is 0.305 e. The number of carbonyl (C=O) groups excluding carboxylic acids is 1. The summed E-state index contributed by atoms with van der Waals surface area (Å²) in [6.07, 6.45) is -2.92. The average molecular weight is 576 g/mol. The summed E-state index contributed by atoms with van der Waals surface area (Å²) in [6, 6.07) is 28.7. The topological polar surface area (TPSA) is 92.5 Å². The molecular formula is C33H20F3N5O2. The van der Waals surface area contributed by atoms with Crippen LogP contribution in [0.5, 0.6) is 0 Å². The van der Waals surface area contributed by atoms with Crippen molar-refractivity contribution in [1.29, 1.82) is 5.26 Å². The highest BCUT2D eigenvalue weighted by Crippen LogP contribution is 2.32. The van der Waals surface area contributed by atoms with Crippen LogP contribution in [0.2, 0.25) is 0 Å². The van der Waals surface area contributed by atoms with Gasteiger partial charge in [0.05, 0.1) is 23.1 Å². The highest BCUT2D eigenvalue weighted by molar-refractivity contribution is 6.01. The fourth-order valence-corrected chi connectivity index (χ4v) is 4.91. The minimum atomic E-state index is -4.50. The maximum absolute atomic E-state index is 13.8. The van der Waals surface area contributed by atoms with E-state index in [9.17, 15) is 28.0 Å². The Bertz CT molecular complexity index is 2190. The first-order valence-electron chi connectivity index (χ1n) is 13.1. The highest BCUT2D eigenvalue weighted by atomic mass is 19.4. The molecule has 0 saturated carbocycles. The Balaban J connectivity index is 1.59. The van der Waals surface area contributed by atoms with E-state index in [1.807, 2.05) is 30.3 Å². The van der Waals surface area contributed by atoms with Crippen LogP contribution in [-0.4, -0.2) is 19.9 Å². The maximum atomic E-state index is 13.8. The molecule has 0 fully saturated rings. The van der Waals surface area contributed by atoms with Gasteiger partial charge in [-0.25, -0.2) is 4.98 Å². The lowest BCUT2D eigenvalue weighted by molar-refractivity contribution is -0.137. The lowest BCUT2D eigenvalue weighted by Gasteiger charge is -2.14. The number of hydrogen-bond donors (Lipinski definition) is 0. The van der Waals surface area contributed by atoms with Gasteiger partial charge in [0.2, 0.25) is 0 Å². The number of benzene rings is 3. The Morgan fingerprint density at radius 1 is 0.907 bits per heavy atom. The summed E-state index contributed by atoms with van der Waals surface area (Å²) < 4.78 is 42.3. The fraction of sp³-hybridized carbons (Fsp3) is 0.0606. The van der Waals surface area contributed by atoms with E-state index in [4.69, 9.17) is 4.98 Å². The van der Waals surface area contributed by atoms with Crippen LogP contribution >= 0.6 is 0 Å². The molecule has 7 nitrogen and oxygen atoms in total. The molecule has 43 heavy (non-hydrogen) atoms. The molecule has 0 N–H and O–H groups in total. The molecule has 0 unspecified atom stereocenters. The minimum Gasteiger partial charge on any atom is -0.305 e. The SMILES string of the molecule is N#Cc1cc2c(=O)n3ccccc3nc2n(Cc2ccccc2)c1=NC(=O)c1ccccc1-c1ccc(C(F)(F)F)cc1. The fourth-order valence-electron chi connectivity index (χ4n) is 4.91. The molecule has 0 atom stereocenters.